The molecule has 0 unspecified atom stereocenters. The summed E-state index contributed by atoms with van der Waals surface area (Å²) < 4.78 is 26.9. The molecule has 0 spiro atoms. The van der Waals surface area contributed by atoms with Gasteiger partial charge in [0.05, 0.1) is 10.5 Å². The number of rotatable bonds is 3. The molecule has 1 N–H and O–H groups in total. The minimum absolute atomic E-state index is 0.0684. The van der Waals surface area contributed by atoms with E-state index < -0.39 is 10.0 Å². The van der Waals surface area contributed by atoms with Crippen molar-refractivity contribution < 1.29 is 8.42 Å². The lowest BCUT2D eigenvalue weighted by molar-refractivity contribution is 0.263. The Kier molecular flexibility index (Phi) is 5.57. The number of nitrogens with zero attached hydrogens (tertiary/aromatic N) is 3. The summed E-state index contributed by atoms with van der Waals surface area (Å²) in [5.74, 6) is 0. The van der Waals surface area contributed by atoms with Crippen LogP contribution in [-0.4, -0.2) is 55.0 Å². The molecule has 0 aliphatic carbocycles. The maximum Gasteiger partial charge on any atom is 0.244 e. The summed E-state index contributed by atoms with van der Waals surface area (Å²) in [5, 5.41) is 12.9. The number of nitrogens with one attached hydrogen (secondary N) is 1. The Labute approximate surface area is 142 Å². The van der Waals surface area contributed by atoms with Crippen molar-refractivity contribution in [3.63, 3.8) is 0 Å². The number of piperazine rings is 1. The monoisotopic (exact) mass is 352 g/mol. The maximum atomic E-state index is 12.7. The summed E-state index contributed by atoms with van der Waals surface area (Å²) >= 11 is 5.32. The normalized spacial score (nSPS) is 16.2. The lowest BCUT2D eigenvalue weighted by atomic mass is 10.2. The van der Waals surface area contributed by atoms with Crippen molar-refractivity contribution >= 4 is 27.4 Å². The van der Waals surface area contributed by atoms with Crippen LogP contribution in [0.3, 0.4) is 0 Å². The molecule has 0 saturated carbocycles. The standard InChI is InChI=1S/C15H20N4O2S2/c1-12(2)17-15(22)18-7-9-19(10-8-18)23(20,21)14-6-4-3-5-13(14)11-16/h3-6,12H,7-10H2,1-2H3,(H,17,22). The Morgan fingerprint density at radius 2 is 1.87 bits per heavy atom. The minimum atomic E-state index is -3.66. The van der Waals surface area contributed by atoms with Crippen molar-refractivity contribution in [2.45, 2.75) is 24.8 Å². The zero-order chi connectivity index (χ0) is 17.0. The van der Waals surface area contributed by atoms with Crippen LogP contribution >= 0.6 is 12.2 Å². The smallest absolute Gasteiger partial charge is 0.244 e. The van der Waals surface area contributed by atoms with E-state index in [0.717, 1.165) is 0 Å². The van der Waals surface area contributed by atoms with Crippen molar-refractivity contribution in [1.29, 1.82) is 5.26 Å². The molecule has 0 aromatic heterocycles. The highest BCUT2D eigenvalue weighted by molar-refractivity contribution is 7.89. The number of hydrogen-bond donors (Lipinski definition) is 1. The lowest BCUT2D eigenvalue weighted by Gasteiger charge is -2.36. The summed E-state index contributed by atoms with van der Waals surface area (Å²) in [4.78, 5) is 2.04. The number of sulfonamides is 1. The minimum Gasteiger partial charge on any atom is -0.360 e. The molecule has 0 radical (unpaired) electrons. The van der Waals surface area contributed by atoms with Gasteiger partial charge in [0, 0.05) is 32.2 Å². The molecule has 1 aromatic rings. The summed E-state index contributed by atoms with van der Waals surface area (Å²) in [6, 6.07) is 8.47. The molecule has 2 rings (SSSR count). The van der Waals surface area contributed by atoms with Crippen LogP contribution in [0, 0.1) is 11.3 Å². The molecular formula is C15H20N4O2S2. The number of hydrogen-bond acceptors (Lipinski definition) is 4. The second-order valence-corrected chi connectivity index (χ2v) is 7.90. The third-order valence-corrected chi connectivity index (χ3v) is 5.90. The highest BCUT2D eigenvalue weighted by atomic mass is 32.2. The number of benzene rings is 1. The molecule has 1 aliphatic rings. The zero-order valence-electron chi connectivity index (χ0n) is 13.2. The predicted molar refractivity (Wildman–Crippen MR) is 92.4 cm³/mol. The Morgan fingerprint density at radius 3 is 2.43 bits per heavy atom. The fourth-order valence-corrected chi connectivity index (χ4v) is 4.38. The van der Waals surface area contributed by atoms with Crippen LogP contribution in [0.1, 0.15) is 19.4 Å². The fourth-order valence-electron chi connectivity index (χ4n) is 2.39. The summed E-state index contributed by atoms with van der Waals surface area (Å²) in [6.45, 7) is 5.78. The van der Waals surface area contributed by atoms with Crippen molar-refractivity contribution in [2.75, 3.05) is 26.2 Å². The quantitative estimate of drug-likeness (QED) is 0.823. The largest absolute Gasteiger partial charge is 0.360 e. The Morgan fingerprint density at radius 1 is 1.26 bits per heavy atom. The van der Waals surface area contributed by atoms with E-state index in [1.807, 2.05) is 24.8 Å². The van der Waals surface area contributed by atoms with E-state index in [1.165, 1.54) is 16.4 Å². The third-order valence-electron chi connectivity index (χ3n) is 3.56. The van der Waals surface area contributed by atoms with E-state index in [0.29, 0.717) is 31.3 Å². The van der Waals surface area contributed by atoms with Crippen molar-refractivity contribution in [2.24, 2.45) is 0 Å². The van der Waals surface area contributed by atoms with Crippen LogP contribution < -0.4 is 5.32 Å². The molecule has 1 heterocycles. The topological polar surface area (TPSA) is 76.4 Å². The average Bonchev–Trinajstić information content (AvgIpc) is 2.54. The van der Waals surface area contributed by atoms with E-state index in [2.05, 4.69) is 5.32 Å². The highest BCUT2D eigenvalue weighted by Gasteiger charge is 2.30. The SMILES string of the molecule is CC(C)NC(=S)N1CCN(S(=O)(=O)c2ccccc2C#N)CC1. The van der Waals surface area contributed by atoms with Gasteiger partial charge in [-0.25, -0.2) is 8.42 Å². The first kappa shape index (κ1) is 17.7. The number of nitriles is 1. The lowest BCUT2D eigenvalue weighted by Crippen LogP contribution is -2.53. The molecule has 6 nitrogen and oxygen atoms in total. The highest BCUT2D eigenvalue weighted by Crippen LogP contribution is 2.21. The van der Waals surface area contributed by atoms with Gasteiger partial charge >= 0.3 is 0 Å². The average molecular weight is 352 g/mol. The first-order valence-electron chi connectivity index (χ1n) is 7.41. The molecule has 8 heteroatoms. The molecule has 1 aromatic carbocycles. The van der Waals surface area contributed by atoms with Gasteiger partial charge in [0.1, 0.15) is 6.07 Å². The second-order valence-electron chi connectivity index (χ2n) is 5.60. The van der Waals surface area contributed by atoms with Gasteiger partial charge in [-0.2, -0.15) is 9.57 Å². The summed E-state index contributed by atoms with van der Waals surface area (Å²) in [5.41, 5.74) is 0.173. The van der Waals surface area contributed by atoms with E-state index in [-0.39, 0.29) is 16.5 Å². The van der Waals surface area contributed by atoms with Gasteiger partial charge in [-0.15, -0.1) is 0 Å². The van der Waals surface area contributed by atoms with Gasteiger partial charge in [0.2, 0.25) is 10.0 Å². The maximum absolute atomic E-state index is 12.7. The molecule has 124 valence electrons. The molecule has 0 amide bonds. The van der Waals surface area contributed by atoms with Crippen molar-refractivity contribution in [1.82, 2.24) is 14.5 Å². The molecule has 0 bridgehead atoms. The Balaban J connectivity index is 2.10. The van der Waals surface area contributed by atoms with Crippen LogP contribution in [0.4, 0.5) is 0 Å². The van der Waals surface area contributed by atoms with Gasteiger partial charge in [-0.3, -0.25) is 0 Å². The van der Waals surface area contributed by atoms with E-state index in [1.54, 1.807) is 12.1 Å². The molecule has 0 atom stereocenters. The van der Waals surface area contributed by atoms with Crippen LogP contribution in [0.25, 0.3) is 0 Å². The second kappa shape index (κ2) is 7.25. The molecule has 1 aliphatic heterocycles. The van der Waals surface area contributed by atoms with E-state index in [9.17, 15) is 8.42 Å². The van der Waals surface area contributed by atoms with Crippen molar-refractivity contribution in [3.8, 4) is 6.07 Å². The van der Waals surface area contributed by atoms with Gasteiger partial charge < -0.3 is 10.2 Å². The van der Waals surface area contributed by atoms with Crippen LogP contribution in [0.5, 0.6) is 0 Å². The molecule has 1 fully saturated rings. The molecule has 1 saturated heterocycles. The third kappa shape index (κ3) is 3.99. The Bertz CT molecular complexity index is 717. The van der Waals surface area contributed by atoms with E-state index >= 15 is 0 Å². The van der Waals surface area contributed by atoms with Gasteiger partial charge in [-0.1, -0.05) is 12.1 Å². The molecule has 23 heavy (non-hydrogen) atoms. The number of thiocarbonyl (C=S) groups is 1. The van der Waals surface area contributed by atoms with E-state index in [4.69, 9.17) is 17.5 Å². The predicted octanol–water partition coefficient (Wildman–Crippen LogP) is 1.15. The zero-order valence-corrected chi connectivity index (χ0v) is 14.8. The van der Waals surface area contributed by atoms with Crippen molar-refractivity contribution in [3.05, 3.63) is 29.8 Å². The first-order chi connectivity index (χ1) is 10.9. The Hall–Kier alpha value is -1.69. The van der Waals surface area contributed by atoms with Crippen LogP contribution in [-0.2, 0) is 10.0 Å². The van der Waals surface area contributed by atoms with Gasteiger partial charge in [0.25, 0.3) is 0 Å². The van der Waals surface area contributed by atoms with Crippen LogP contribution in [0.15, 0.2) is 29.2 Å². The van der Waals surface area contributed by atoms with Gasteiger partial charge in [-0.05, 0) is 38.2 Å². The fraction of sp³-hybridized carbons (Fsp3) is 0.467. The summed E-state index contributed by atoms with van der Waals surface area (Å²) in [7, 11) is -3.66. The molecular weight excluding hydrogens is 332 g/mol. The van der Waals surface area contributed by atoms with Crippen LogP contribution in [0.2, 0.25) is 0 Å². The first-order valence-corrected chi connectivity index (χ1v) is 9.26. The summed E-state index contributed by atoms with van der Waals surface area (Å²) in [6.07, 6.45) is 0. The van der Waals surface area contributed by atoms with Gasteiger partial charge in [0.15, 0.2) is 5.11 Å².